The molecule has 2 amide bonds. The Labute approximate surface area is 206 Å². The zero-order chi connectivity index (χ0) is 24.7. The fourth-order valence-corrected chi connectivity index (χ4v) is 4.98. The fraction of sp³-hybridized carbons (Fsp3) is 0.429. The molecule has 7 nitrogen and oxygen atoms in total. The topological polar surface area (TPSA) is 87.2 Å². The summed E-state index contributed by atoms with van der Waals surface area (Å²) in [4.78, 5) is 27.7. The van der Waals surface area contributed by atoms with Crippen molar-refractivity contribution in [2.45, 2.75) is 77.5 Å². The Balaban J connectivity index is 1.50. The van der Waals surface area contributed by atoms with Gasteiger partial charge >= 0.3 is 0 Å². The number of fused-ring (bicyclic) bond motifs is 1. The second-order valence-electron chi connectivity index (χ2n) is 10.3. The Hall–Kier alpha value is -3.48. The summed E-state index contributed by atoms with van der Waals surface area (Å²) in [7, 11) is 0. The summed E-state index contributed by atoms with van der Waals surface area (Å²) >= 11 is 0. The first-order chi connectivity index (χ1) is 16.8. The zero-order valence-electron chi connectivity index (χ0n) is 20.8. The number of aromatic nitrogens is 2. The highest BCUT2D eigenvalue weighted by atomic mass is 16.2. The van der Waals surface area contributed by atoms with Crippen molar-refractivity contribution in [1.82, 2.24) is 20.8 Å². The highest BCUT2D eigenvalue weighted by molar-refractivity contribution is 5.99. The summed E-state index contributed by atoms with van der Waals surface area (Å²) in [5.41, 5.74) is 3.83. The van der Waals surface area contributed by atoms with Crippen molar-refractivity contribution in [2.75, 3.05) is 4.90 Å². The summed E-state index contributed by atoms with van der Waals surface area (Å²) in [5.74, 6) is 0.769. The van der Waals surface area contributed by atoms with E-state index in [1.54, 1.807) is 6.20 Å². The lowest BCUT2D eigenvalue weighted by molar-refractivity contribution is -0.122. The lowest BCUT2D eigenvalue weighted by Gasteiger charge is -2.30. The Morgan fingerprint density at radius 2 is 1.86 bits per heavy atom. The van der Waals surface area contributed by atoms with Crippen LogP contribution in [0.15, 0.2) is 42.6 Å². The Morgan fingerprint density at radius 1 is 1.06 bits per heavy atom. The maximum atomic E-state index is 12.9. The molecule has 5 rings (SSSR count). The molecule has 1 aliphatic heterocycles. The van der Waals surface area contributed by atoms with Gasteiger partial charge in [0.2, 0.25) is 5.91 Å². The number of anilines is 1. The number of aryl methyl sites for hydroxylation is 1. The van der Waals surface area contributed by atoms with E-state index in [0.717, 1.165) is 59.0 Å². The lowest BCUT2D eigenvalue weighted by Crippen LogP contribution is -2.47. The summed E-state index contributed by atoms with van der Waals surface area (Å²) in [6.07, 6.45) is 5.62. The van der Waals surface area contributed by atoms with Crippen molar-refractivity contribution in [3.05, 3.63) is 53.7 Å². The third-order valence-electron chi connectivity index (χ3n) is 7.01. The van der Waals surface area contributed by atoms with E-state index in [2.05, 4.69) is 57.8 Å². The number of nitrogens with one attached hydrogen (secondary N) is 2. The predicted octanol–water partition coefficient (Wildman–Crippen LogP) is 4.38. The van der Waals surface area contributed by atoms with E-state index in [-0.39, 0.29) is 29.9 Å². The van der Waals surface area contributed by atoms with E-state index in [0.29, 0.717) is 11.6 Å². The Bertz CT molecular complexity index is 1280. The number of rotatable bonds is 6. The minimum absolute atomic E-state index is 0.0172. The minimum Gasteiger partial charge on any atom is -0.352 e. The van der Waals surface area contributed by atoms with E-state index >= 15 is 0 Å². The van der Waals surface area contributed by atoms with Gasteiger partial charge in [-0.25, -0.2) is 0 Å². The summed E-state index contributed by atoms with van der Waals surface area (Å²) in [5, 5.41) is 16.8. The molecule has 1 saturated carbocycles. The normalized spacial score (nSPS) is 19.9. The zero-order valence-corrected chi connectivity index (χ0v) is 20.8. The summed E-state index contributed by atoms with van der Waals surface area (Å²) in [6.45, 7) is 8.15. The molecule has 1 aromatic heterocycles. The van der Waals surface area contributed by atoms with Gasteiger partial charge < -0.3 is 15.5 Å². The first-order valence-corrected chi connectivity index (χ1v) is 12.6. The molecule has 1 unspecified atom stereocenters. The summed E-state index contributed by atoms with van der Waals surface area (Å²) in [6, 6.07) is 12.4. The van der Waals surface area contributed by atoms with Crippen LogP contribution in [0.25, 0.3) is 21.9 Å². The molecule has 2 heterocycles. The van der Waals surface area contributed by atoms with Crippen molar-refractivity contribution in [3.8, 4) is 11.1 Å². The maximum absolute atomic E-state index is 12.9. The average Bonchev–Trinajstić information content (AvgIpc) is 3.56. The van der Waals surface area contributed by atoms with Crippen LogP contribution in [0.1, 0.15) is 62.4 Å². The Kier molecular flexibility index (Phi) is 6.17. The molecule has 2 aromatic carbocycles. The van der Waals surface area contributed by atoms with E-state index in [1.807, 2.05) is 32.0 Å². The lowest BCUT2D eigenvalue weighted by atomic mass is 9.96. The molecule has 0 radical (unpaired) electrons. The van der Waals surface area contributed by atoms with E-state index in [1.165, 1.54) is 0 Å². The Morgan fingerprint density at radius 3 is 2.60 bits per heavy atom. The molecule has 2 fully saturated rings. The van der Waals surface area contributed by atoms with Crippen molar-refractivity contribution < 1.29 is 9.59 Å². The monoisotopic (exact) mass is 471 g/mol. The highest BCUT2D eigenvalue weighted by Gasteiger charge is 2.37. The van der Waals surface area contributed by atoms with Gasteiger partial charge in [-0.15, -0.1) is 5.10 Å². The van der Waals surface area contributed by atoms with Crippen molar-refractivity contribution in [1.29, 1.82) is 0 Å². The molecule has 3 aromatic rings. The molecule has 182 valence electrons. The van der Waals surface area contributed by atoms with Gasteiger partial charge in [-0.1, -0.05) is 12.1 Å². The van der Waals surface area contributed by atoms with Crippen LogP contribution < -0.4 is 15.5 Å². The molecular weight excluding hydrogens is 438 g/mol. The number of carbonyl (C=O) groups excluding carboxylic acids is 2. The van der Waals surface area contributed by atoms with Crippen LogP contribution in [0.5, 0.6) is 0 Å². The van der Waals surface area contributed by atoms with Crippen LogP contribution in [0.3, 0.4) is 0 Å². The quantitative estimate of drug-likeness (QED) is 0.557. The van der Waals surface area contributed by atoms with E-state index < -0.39 is 0 Å². The van der Waals surface area contributed by atoms with Gasteiger partial charge in [0.25, 0.3) is 5.91 Å². The molecule has 0 spiro atoms. The van der Waals surface area contributed by atoms with Gasteiger partial charge in [0, 0.05) is 34.5 Å². The minimum atomic E-state index is -0.254. The number of hydrogen-bond donors (Lipinski definition) is 2. The molecule has 2 aliphatic rings. The van der Waals surface area contributed by atoms with Crippen molar-refractivity contribution >= 4 is 28.4 Å². The number of carbonyl (C=O) groups is 2. The molecule has 7 heteroatoms. The number of hydrogen-bond acceptors (Lipinski definition) is 5. The SMILES string of the molecule is Cc1ccc(C(=O)NC2CC2)cc1-c1ccc2c(N3C(C)CC[C@@H]3C(=O)NC(C)C)nncc2c1. The van der Waals surface area contributed by atoms with Crippen LogP contribution >= 0.6 is 0 Å². The van der Waals surface area contributed by atoms with Gasteiger partial charge in [-0.3, -0.25) is 9.59 Å². The first kappa shape index (κ1) is 23.3. The standard InChI is InChI=1S/C28H33N5O2/c1-16(2)30-28(35)25-12-6-18(4)33(25)26-23-11-8-19(13-21(23)15-29-32-26)24-14-20(7-5-17(24)3)27(34)31-22-9-10-22/h5,7-8,11,13-16,18,22,25H,6,9-10,12H2,1-4H3,(H,30,35)(H,31,34)/t18?,25-/m1/s1. The molecule has 2 atom stereocenters. The van der Waals surface area contributed by atoms with Crippen LogP contribution in [0.2, 0.25) is 0 Å². The molecule has 1 aliphatic carbocycles. The molecule has 2 N–H and O–H groups in total. The molecular formula is C28H33N5O2. The molecule has 0 bridgehead atoms. The van der Waals surface area contributed by atoms with Gasteiger partial charge in [0.05, 0.1) is 6.20 Å². The smallest absolute Gasteiger partial charge is 0.251 e. The van der Waals surface area contributed by atoms with Crippen molar-refractivity contribution in [2.24, 2.45) is 0 Å². The second kappa shape index (κ2) is 9.29. The van der Waals surface area contributed by atoms with Crippen LogP contribution in [0.4, 0.5) is 5.82 Å². The number of amides is 2. The largest absolute Gasteiger partial charge is 0.352 e. The average molecular weight is 472 g/mol. The van der Waals surface area contributed by atoms with Gasteiger partial charge in [0.1, 0.15) is 6.04 Å². The molecule has 1 saturated heterocycles. The third kappa shape index (κ3) is 4.72. The van der Waals surface area contributed by atoms with E-state index in [4.69, 9.17) is 0 Å². The van der Waals surface area contributed by atoms with E-state index in [9.17, 15) is 9.59 Å². The summed E-state index contributed by atoms with van der Waals surface area (Å²) < 4.78 is 0. The first-order valence-electron chi connectivity index (χ1n) is 12.6. The predicted molar refractivity (Wildman–Crippen MR) is 138 cm³/mol. The number of benzene rings is 2. The number of nitrogens with zero attached hydrogens (tertiary/aromatic N) is 3. The highest BCUT2D eigenvalue weighted by Crippen LogP contribution is 2.36. The third-order valence-corrected chi connectivity index (χ3v) is 7.01. The van der Waals surface area contributed by atoms with Gasteiger partial charge in [0.15, 0.2) is 5.82 Å². The fourth-order valence-electron chi connectivity index (χ4n) is 4.98. The van der Waals surface area contributed by atoms with Crippen LogP contribution in [-0.4, -0.2) is 46.2 Å². The maximum Gasteiger partial charge on any atom is 0.251 e. The van der Waals surface area contributed by atoms with Gasteiger partial charge in [-0.2, -0.15) is 5.10 Å². The van der Waals surface area contributed by atoms with Crippen LogP contribution in [-0.2, 0) is 4.79 Å². The molecule has 35 heavy (non-hydrogen) atoms. The van der Waals surface area contributed by atoms with Crippen molar-refractivity contribution in [3.63, 3.8) is 0 Å². The van der Waals surface area contributed by atoms with Gasteiger partial charge in [-0.05, 0) is 94.3 Å². The second-order valence-corrected chi connectivity index (χ2v) is 10.3. The van der Waals surface area contributed by atoms with Crippen LogP contribution in [0, 0.1) is 6.92 Å².